The zero-order valence-electron chi connectivity index (χ0n) is 20.5. The van der Waals surface area contributed by atoms with Gasteiger partial charge in [-0.2, -0.15) is 0 Å². The number of ether oxygens (including phenoxy) is 3. The number of nitrogens with zero attached hydrogens (tertiary/aromatic N) is 2. The second kappa shape index (κ2) is 11.5. The molecule has 35 heavy (non-hydrogen) atoms. The molecule has 0 unspecified atom stereocenters. The van der Waals surface area contributed by atoms with E-state index in [0.717, 1.165) is 74.9 Å². The van der Waals surface area contributed by atoms with Gasteiger partial charge in [-0.15, -0.1) is 0 Å². The highest BCUT2D eigenvalue weighted by Crippen LogP contribution is 2.35. The van der Waals surface area contributed by atoms with E-state index < -0.39 is 6.29 Å². The van der Waals surface area contributed by atoms with E-state index in [-0.39, 0.29) is 5.41 Å². The van der Waals surface area contributed by atoms with Crippen molar-refractivity contribution in [1.29, 1.82) is 0 Å². The quantitative estimate of drug-likeness (QED) is 0.453. The fraction of sp³-hybridized carbons (Fsp3) is 0.464. The van der Waals surface area contributed by atoms with Gasteiger partial charge in [0.2, 0.25) is 6.29 Å². The van der Waals surface area contributed by atoms with Crippen molar-refractivity contribution in [2.45, 2.75) is 19.6 Å². The second-order valence-electron chi connectivity index (χ2n) is 9.83. The second-order valence-corrected chi connectivity index (χ2v) is 9.83. The molecule has 0 bridgehead atoms. The monoisotopic (exact) mass is 476 g/mol. The summed E-state index contributed by atoms with van der Waals surface area (Å²) in [4.78, 5) is 10.9. The van der Waals surface area contributed by atoms with Gasteiger partial charge >= 0.3 is 0 Å². The van der Waals surface area contributed by atoms with E-state index in [2.05, 4.69) is 46.4 Å². The Labute approximate surface area is 207 Å². The van der Waals surface area contributed by atoms with Crippen LogP contribution in [0.25, 0.3) is 22.5 Å². The summed E-state index contributed by atoms with van der Waals surface area (Å²) in [6.07, 6.45) is 0.640. The number of aromatic amines is 1. The first-order valence-electron chi connectivity index (χ1n) is 12.6. The van der Waals surface area contributed by atoms with Crippen molar-refractivity contribution in [3.05, 3.63) is 66.5 Å². The molecule has 2 fully saturated rings. The molecule has 0 atom stereocenters. The topological polar surface area (TPSA) is 71.6 Å². The first-order chi connectivity index (χ1) is 17.2. The van der Waals surface area contributed by atoms with E-state index >= 15 is 0 Å². The maximum absolute atomic E-state index is 6.19. The third kappa shape index (κ3) is 6.18. The maximum Gasteiger partial charge on any atom is 0.217 e. The van der Waals surface area contributed by atoms with Gasteiger partial charge in [0.05, 0.1) is 37.8 Å². The number of nitrogens with one attached hydrogen (secondary N) is 2. The van der Waals surface area contributed by atoms with Crippen LogP contribution in [0.15, 0.2) is 60.7 Å². The molecule has 2 saturated heterocycles. The van der Waals surface area contributed by atoms with E-state index in [1.807, 2.05) is 36.4 Å². The number of hydrogen-bond acceptors (Lipinski definition) is 6. The Morgan fingerprint density at radius 2 is 1.63 bits per heavy atom. The fourth-order valence-corrected chi connectivity index (χ4v) is 4.67. The lowest BCUT2D eigenvalue weighted by molar-refractivity contribution is -0.232. The predicted octanol–water partition coefficient (Wildman–Crippen LogP) is 4.11. The number of H-pyrrole nitrogens is 1. The van der Waals surface area contributed by atoms with Crippen molar-refractivity contribution in [3.8, 4) is 22.5 Å². The molecular formula is C28H36N4O3. The predicted molar refractivity (Wildman–Crippen MR) is 137 cm³/mol. The van der Waals surface area contributed by atoms with Crippen molar-refractivity contribution < 1.29 is 14.2 Å². The van der Waals surface area contributed by atoms with Gasteiger partial charge in [-0.25, -0.2) is 4.98 Å². The number of benzene rings is 2. The van der Waals surface area contributed by atoms with Crippen molar-refractivity contribution in [2.24, 2.45) is 5.41 Å². The number of imidazole rings is 1. The molecule has 5 rings (SSSR count). The van der Waals surface area contributed by atoms with Gasteiger partial charge in [-0.1, -0.05) is 67.6 Å². The number of aromatic nitrogens is 2. The van der Waals surface area contributed by atoms with Crippen LogP contribution < -0.4 is 5.32 Å². The molecule has 7 heteroatoms. The normalized spacial score (nSPS) is 23.4. The van der Waals surface area contributed by atoms with Gasteiger partial charge in [0.15, 0.2) is 5.82 Å². The zero-order valence-corrected chi connectivity index (χ0v) is 20.5. The van der Waals surface area contributed by atoms with Crippen LogP contribution in [0.1, 0.15) is 25.5 Å². The summed E-state index contributed by atoms with van der Waals surface area (Å²) in [5, 5.41) is 3.60. The van der Waals surface area contributed by atoms with Gasteiger partial charge in [0, 0.05) is 36.2 Å². The first-order valence-corrected chi connectivity index (χ1v) is 12.6. The van der Waals surface area contributed by atoms with Gasteiger partial charge < -0.3 is 24.5 Å². The summed E-state index contributed by atoms with van der Waals surface area (Å²) in [6.45, 7) is 10.2. The Morgan fingerprint density at radius 1 is 0.971 bits per heavy atom. The van der Waals surface area contributed by atoms with E-state index in [0.29, 0.717) is 19.0 Å². The molecule has 0 saturated carbocycles. The van der Waals surface area contributed by atoms with Crippen LogP contribution in [0.4, 0.5) is 0 Å². The highest BCUT2D eigenvalue weighted by atomic mass is 16.7. The van der Waals surface area contributed by atoms with Crippen LogP contribution in [0.3, 0.4) is 0 Å². The molecule has 7 nitrogen and oxygen atoms in total. The minimum absolute atomic E-state index is 0.0629. The van der Waals surface area contributed by atoms with Crippen LogP contribution in [0.5, 0.6) is 0 Å². The molecule has 0 amide bonds. The van der Waals surface area contributed by atoms with Crippen molar-refractivity contribution >= 4 is 0 Å². The molecule has 2 N–H and O–H groups in total. The van der Waals surface area contributed by atoms with Gasteiger partial charge in [0.25, 0.3) is 0 Å². The SMILES string of the molecule is CC1(CNCCCN2CCOCC2)COC(c2nc(-c3ccccc3)c(-c3ccccc3)[nH]2)OC1. The Balaban J connectivity index is 1.18. The molecule has 3 aromatic rings. The van der Waals surface area contributed by atoms with Crippen molar-refractivity contribution in [3.63, 3.8) is 0 Å². The molecule has 2 aliphatic heterocycles. The van der Waals surface area contributed by atoms with E-state index in [4.69, 9.17) is 19.2 Å². The van der Waals surface area contributed by atoms with Gasteiger partial charge in [0.1, 0.15) is 0 Å². The summed E-state index contributed by atoms with van der Waals surface area (Å²) in [5.74, 6) is 0.711. The zero-order chi connectivity index (χ0) is 23.9. The summed E-state index contributed by atoms with van der Waals surface area (Å²) in [7, 11) is 0. The maximum atomic E-state index is 6.19. The highest BCUT2D eigenvalue weighted by molar-refractivity contribution is 5.78. The van der Waals surface area contributed by atoms with Crippen LogP contribution in [0.2, 0.25) is 0 Å². The first kappa shape index (κ1) is 24.2. The Hall–Kier alpha value is -2.55. The fourth-order valence-electron chi connectivity index (χ4n) is 4.67. The molecular weight excluding hydrogens is 440 g/mol. The van der Waals surface area contributed by atoms with Crippen LogP contribution in [-0.2, 0) is 14.2 Å². The lowest BCUT2D eigenvalue weighted by Crippen LogP contribution is -2.44. The molecule has 0 aliphatic carbocycles. The highest BCUT2D eigenvalue weighted by Gasteiger charge is 2.35. The Morgan fingerprint density at radius 3 is 2.31 bits per heavy atom. The molecule has 3 heterocycles. The molecule has 186 valence electrons. The third-order valence-electron chi connectivity index (χ3n) is 6.70. The average molecular weight is 477 g/mol. The number of rotatable bonds is 9. The molecule has 0 spiro atoms. The van der Waals surface area contributed by atoms with Crippen molar-refractivity contribution in [1.82, 2.24) is 20.2 Å². The third-order valence-corrected chi connectivity index (χ3v) is 6.70. The molecule has 2 aromatic carbocycles. The Kier molecular flexibility index (Phi) is 7.91. The minimum atomic E-state index is -0.496. The standard InChI is InChI=1S/C28H36N4O3/c1-28(19-29-13-8-14-32-15-17-33-18-16-32)20-34-27(35-21-28)26-30-24(22-9-4-2-5-10-22)25(31-26)23-11-6-3-7-12-23/h2-7,9-12,27,29H,8,13-21H2,1H3,(H,30,31). The molecule has 0 radical (unpaired) electrons. The summed E-state index contributed by atoms with van der Waals surface area (Å²) >= 11 is 0. The van der Waals surface area contributed by atoms with E-state index in [1.54, 1.807) is 0 Å². The summed E-state index contributed by atoms with van der Waals surface area (Å²) in [5.41, 5.74) is 3.98. The smallest absolute Gasteiger partial charge is 0.217 e. The lowest BCUT2D eigenvalue weighted by Gasteiger charge is -2.37. The van der Waals surface area contributed by atoms with Crippen LogP contribution in [0, 0.1) is 5.41 Å². The van der Waals surface area contributed by atoms with Gasteiger partial charge in [-0.3, -0.25) is 4.90 Å². The minimum Gasteiger partial charge on any atom is -0.379 e. The van der Waals surface area contributed by atoms with Crippen LogP contribution in [-0.4, -0.2) is 74.0 Å². The Bertz CT molecular complexity index is 986. The van der Waals surface area contributed by atoms with E-state index in [9.17, 15) is 0 Å². The summed E-state index contributed by atoms with van der Waals surface area (Å²) in [6, 6.07) is 20.5. The molecule has 1 aromatic heterocycles. The number of hydrogen-bond donors (Lipinski definition) is 2. The lowest BCUT2D eigenvalue weighted by atomic mass is 9.92. The largest absolute Gasteiger partial charge is 0.379 e. The van der Waals surface area contributed by atoms with Crippen LogP contribution >= 0.6 is 0 Å². The van der Waals surface area contributed by atoms with Gasteiger partial charge in [-0.05, 0) is 19.5 Å². The molecule has 2 aliphatic rings. The average Bonchev–Trinajstić information content (AvgIpc) is 3.36. The van der Waals surface area contributed by atoms with E-state index in [1.165, 1.54) is 0 Å². The summed E-state index contributed by atoms with van der Waals surface area (Å²) < 4.78 is 17.8. The number of morpholine rings is 1. The van der Waals surface area contributed by atoms with Crippen molar-refractivity contribution in [2.75, 3.05) is 59.2 Å².